The highest BCUT2D eigenvalue weighted by Gasteiger charge is 2.26. The van der Waals surface area contributed by atoms with Crippen LogP contribution in [0.5, 0.6) is 0 Å². The Morgan fingerprint density at radius 3 is 2.49 bits per heavy atom. The van der Waals surface area contributed by atoms with Gasteiger partial charge in [0.25, 0.3) is 0 Å². The fourth-order valence-electron chi connectivity index (χ4n) is 4.76. The molecular formula is C29H30FNO4. The third-order valence-corrected chi connectivity index (χ3v) is 6.37. The largest absolute Gasteiger partial charge is 0.481 e. The molecule has 0 saturated heterocycles. The maximum absolute atomic E-state index is 13.8. The number of rotatable bonds is 8. The molecule has 3 aromatic rings. The van der Waals surface area contributed by atoms with Gasteiger partial charge in [-0.1, -0.05) is 62.4 Å². The Hall–Kier alpha value is -3.35. The first kappa shape index (κ1) is 24.8. The number of aromatic nitrogens is 1. The van der Waals surface area contributed by atoms with Crippen molar-refractivity contribution in [3.63, 3.8) is 0 Å². The number of halogens is 1. The molecule has 2 atom stereocenters. The van der Waals surface area contributed by atoms with Gasteiger partial charge in [-0.2, -0.15) is 0 Å². The van der Waals surface area contributed by atoms with E-state index in [1.54, 1.807) is 24.3 Å². The van der Waals surface area contributed by atoms with Gasteiger partial charge >= 0.3 is 5.97 Å². The first-order valence-corrected chi connectivity index (χ1v) is 11.9. The van der Waals surface area contributed by atoms with E-state index >= 15 is 0 Å². The summed E-state index contributed by atoms with van der Waals surface area (Å²) in [7, 11) is 0. The summed E-state index contributed by atoms with van der Waals surface area (Å²) in [5.41, 5.74) is 7.90. The van der Waals surface area contributed by atoms with Crippen molar-refractivity contribution in [2.75, 3.05) is 0 Å². The molecule has 1 heterocycles. The van der Waals surface area contributed by atoms with E-state index in [9.17, 15) is 19.4 Å². The van der Waals surface area contributed by atoms with E-state index in [0.29, 0.717) is 0 Å². The number of aliphatic hydroxyl groups excluding tert-OH is 2. The molecule has 3 N–H and O–H groups in total. The molecule has 0 amide bonds. The standard InChI is InChI=1S/C29H30FNO4/c1-17(2)28-24(14-12-21(32)15-22(33)16-26(34)35)27(19-7-10-20(30)11-8-19)25-13-9-18-5-3-4-6-23(18)29(25)31-28/h3-8,10-12,14,17,21-22,32-33H,9,13,15-16H2,1-2H3,(H,34,35)/t21-,22-/m1/s1. The van der Waals surface area contributed by atoms with E-state index in [4.69, 9.17) is 10.1 Å². The van der Waals surface area contributed by atoms with Crippen molar-refractivity contribution in [2.24, 2.45) is 0 Å². The molecule has 6 heteroatoms. The molecule has 0 unspecified atom stereocenters. The minimum Gasteiger partial charge on any atom is -0.481 e. The van der Waals surface area contributed by atoms with Crippen molar-refractivity contribution in [2.45, 2.75) is 57.7 Å². The highest BCUT2D eigenvalue weighted by atomic mass is 19.1. The van der Waals surface area contributed by atoms with Crippen LogP contribution in [0.3, 0.4) is 0 Å². The number of pyridine rings is 1. The molecule has 1 aliphatic rings. The average molecular weight is 476 g/mol. The van der Waals surface area contributed by atoms with Crippen LogP contribution in [0.15, 0.2) is 54.6 Å². The van der Waals surface area contributed by atoms with Gasteiger partial charge in [0.15, 0.2) is 0 Å². The SMILES string of the molecule is CC(C)c1nc2c(c(-c3ccc(F)cc3)c1C=C[C@@H](O)C[C@@H](O)CC(=O)O)CCc1ccccc1-2. The van der Waals surface area contributed by atoms with Crippen LogP contribution < -0.4 is 0 Å². The molecule has 1 aromatic heterocycles. The first-order chi connectivity index (χ1) is 16.7. The van der Waals surface area contributed by atoms with Crippen LogP contribution in [0.4, 0.5) is 4.39 Å². The van der Waals surface area contributed by atoms with Crippen molar-refractivity contribution >= 4 is 12.0 Å². The highest BCUT2D eigenvalue weighted by molar-refractivity contribution is 5.86. The number of carboxylic acid groups (broad SMARTS) is 1. The number of hydrogen-bond donors (Lipinski definition) is 3. The van der Waals surface area contributed by atoms with Crippen LogP contribution >= 0.6 is 0 Å². The van der Waals surface area contributed by atoms with Crippen molar-refractivity contribution in [3.8, 4) is 22.4 Å². The van der Waals surface area contributed by atoms with Gasteiger partial charge in [-0.25, -0.2) is 4.39 Å². The number of aliphatic hydroxyl groups is 2. The van der Waals surface area contributed by atoms with E-state index in [2.05, 4.69) is 26.0 Å². The fraction of sp³-hybridized carbons (Fsp3) is 0.310. The summed E-state index contributed by atoms with van der Waals surface area (Å²) in [5, 5.41) is 29.3. The zero-order valence-electron chi connectivity index (χ0n) is 19.9. The molecule has 0 bridgehead atoms. The second-order valence-corrected chi connectivity index (χ2v) is 9.35. The number of carboxylic acids is 1. The van der Waals surface area contributed by atoms with Crippen LogP contribution in [-0.2, 0) is 17.6 Å². The lowest BCUT2D eigenvalue weighted by Crippen LogP contribution is -2.19. The van der Waals surface area contributed by atoms with Gasteiger partial charge in [0, 0.05) is 17.5 Å². The second-order valence-electron chi connectivity index (χ2n) is 9.35. The summed E-state index contributed by atoms with van der Waals surface area (Å²) in [6, 6.07) is 14.7. The quantitative estimate of drug-likeness (QED) is 0.407. The Morgan fingerprint density at radius 1 is 1.09 bits per heavy atom. The first-order valence-electron chi connectivity index (χ1n) is 11.9. The van der Waals surface area contributed by atoms with Gasteiger partial charge < -0.3 is 15.3 Å². The topological polar surface area (TPSA) is 90.7 Å². The Kier molecular flexibility index (Phi) is 7.43. The van der Waals surface area contributed by atoms with Gasteiger partial charge in [-0.05, 0) is 53.1 Å². The number of carbonyl (C=O) groups is 1. The molecule has 35 heavy (non-hydrogen) atoms. The molecule has 0 spiro atoms. The molecule has 2 aromatic carbocycles. The second kappa shape index (κ2) is 10.5. The number of nitrogens with zero attached hydrogens (tertiary/aromatic N) is 1. The smallest absolute Gasteiger partial charge is 0.305 e. The van der Waals surface area contributed by atoms with Crippen molar-refractivity contribution in [1.29, 1.82) is 0 Å². The van der Waals surface area contributed by atoms with Crippen molar-refractivity contribution < 1.29 is 24.5 Å². The number of fused-ring (bicyclic) bond motifs is 3. The van der Waals surface area contributed by atoms with E-state index in [1.807, 2.05) is 12.1 Å². The van der Waals surface area contributed by atoms with Crippen LogP contribution in [0, 0.1) is 5.82 Å². The van der Waals surface area contributed by atoms with Crippen molar-refractivity contribution in [1.82, 2.24) is 4.98 Å². The monoisotopic (exact) mass is 475 g/mol. The third-order valence-electron chi connectivity index (χ3n) is 6.37. The van der Waals surface area contributed by atoms with E-state index in [0.717, 1.165) is 52.0 Å². The fourth-order valence-corrected chi connectivity index (χ4v) is 4.76. The zero-order chi connectivity index (χ0) is 25.1. The van der Waals surface area contributed by atoms with E-state index < -0.39 is 24.6 Å². The molecule has 0 saturated carbocycles. The Morgan fingerprint density at radius 2 is 1.80 bits per heavy atom. The van der Waals surface area contributed by atoms with Crippen LogP contribution in [0.25, 0.3) is 28.5 Å². The van der Waals surface area contributed by atoms with Gasteiger partial charge in [-0.15, -0.1) is 0 Å². The molecule has 0 fully saturated rings. The molecule has 0 aliphatic heterocycles. The predicted molar refractivity (Wildman–Crippen MR) is 134 cm³/mol. The molecule has 182 valence electrons. The van der Waals surface area contributed by atoms with Gasteiger partial charge in [0.05, 0.1) is 30.0 Å². The molecular weight excluding hydrogens is 445 g/mol. The van der Waals surface area contributed by atoms with Gasteiger partial charge in [0.1, 0.15) is 5.82 Å². The molecule has 0 radical (unpaired) electrons. The molecule has 5 nitrogen and oxygen atoms in total. The minimum absolute atomic E-state index is 0.0722. The Bertz CT molecular complexity index is 1250. The van der Waals surface area contributed by atoms with Crippen molar-refractivity contribution in [3.05, 3.63) is 82.8 Å². The predicted octanol–water partition coefficient (Wildman–Crippen LogP) is 5.38. The zero-order valence-corrected chi connectivity index (χ0v) is 19.9. The average Bonchev–Trinajstić information content (AvgIpc) is 2.81. The number of aliphatic carboxylic acids is 1. The summed E-state index contributed by atoms with van der Waals surface area (Å²) in [5.74, 6) is -1.36. The lowest BCUT2D eigenvalue weighted by atomic mass is 9.81. The summed E-state index contributed by atoms with van der Waals surface area (Å²) in [6.07, 6.45) is 2.34. The Balaban J connectivity index is 1.87. The number of hydrogen-bond acceptors (Lipinski definition) is 4. The number of aryl methyl sites for hydroxylation is 1. The summed E-state index contributed by atoms with van der Waals surface area (Å²) in [6.45, 7) is 4.12. The van der Waals surface area contributed by atoms with Crippen LogP contribution in [0.2, 0.25) is 0 Å². The maximum atomic E-state index is 13.8. The van der Waals surface area contributed by atoms with Crippen LogP contribution in [0.1, 0.15) is 55.0 Å². The normalized spacial score (nSPS) is 14.6. The summed E-state index contributed by atoms with van der Waals surface area (Å²) < 4.78 is 13.8. The number of benzene rings is 2. The summed E-state index contributed by atoms with van der Waals surface area (Å²) in [4.78, 5) is 15.9. The van der Waals surface area contributed by atoms with E-state index in [-0.39, 0.29) is 18.2 Å². The lowest BCUT2D eigenvalue weighted by Gasteiger charge is -2.26. The highest BCUT2D eigenvalue weighted by Crippen LogP contribution is 2.42. The molecule has 1 aliphatic carbocycles. The third kappa shape index (κ3) is 5.50. The van der Waals surface area contributed by atoms with Gasteiger partial charge in [-0.3, -0.25) is 9.78 Å². The maximum Gasteiger partial charge on any atom is 0.305 e. The van der Waals surface area contributed by atoms with Crippen LogP contribution in [-0.4, -0.2) is 38.5 Å². The lowest BCUT2D eigenvalue weighted by molar-refractivity contribution is -0.139. The Labute approximate surface area is 204 Å². The van der Waals surface area contributed by atoms with Gasteiger partial charge in [0.2, 0.25) is 0 Å². The van der Waals surface area contributed by atoms with E-state index in [1.165, 1.54) is 17.7 Å². The minimum atomic E-state index is -1.15. The summed E-state index contributed by atoms with van der Waals surface area (Å²) >= 11 is 0. The molecule has 4 rings (SSSR count).